The molecule has 0 radical (unpaired) electrons. The van der Waals surface area contributed by atoms with Gasteiger partial charge in [0.1, 0.15) is 0 Å². The Balaban J connectivity index is 1.13. The molecule has 0 saturated heterocycles. The lowest BCUT2D eigenvalue weighted by Crippen LogP contribution is -2.28. The second-order valence-electron chi connectivity index (χ2n) is 16.8. The third kappa shape index (κ3) is 6.16. The zero-order valence-corrected chi connectivity index (χ0v) is 35.3. The van der Waals surface area contributed by atoms with Crippen LogP contribution in [0.1, 0.15) is 22.3 Å². The highest BCUT2D eigenvalue weighted by atomic mass is 15.1. The van der Waals surface area contributed by atoms with E-state index in [1.165, 1.54) is 88.3 Å². The normalized spacial score (nSPS) is 12.5. The van der Waals surface area contributed by atoms with Crippen molar-refractivity contribution in [2.24, 2.45) is 0 Å². The minimum absolute atomic E-state index is 0.485. The molecule has 1 aliphatic rings. The van der Waals surface area contributed by atoms with Gasteiger partial charge in [-0.15, -0.1) is 0 Å². The summed E-state index contributed by atoms with van der Waals surface area (Å²) in [5.41, 5.74) is 17.5. The van der Waals surface area contributed by atoms with Crippen LogP contribution >= 0.6 is 0 Å². The van der Waals surface area contributed by atoms with Crippen molar-refractivity contribution in [2.45, 2.75) is 5.41 Å². The predicted octanol–water partition coefficient (Wildman–Crippen LogP) is 16.8. The molecule has 0 spiro atoms. The smallest absolute Gasteiger partial charge is 0.0713 e. The van der Waals surface area contributed by atoms with Crippen LogP contribution in [0.15, 0.2) is 261 Å². The lowest BCUT2D eigenvalue weighted by atomic mass is 9.68. The van der Waals surface area contributed by atoms with Crippen molar-refractivity contribution >= 4 is 38.6 Å². The van der Waals surface area contributed by atoms with Gasteiger partial charge in [0.25, 0.3) is 0 Å². The van der Waals surface area contributed by atoms with Gasteiger partial charge >= 0.3 is 0 Å². The predicted molar refractivity (Wildman–Crippen MR) is 270 cm³/mol. The fourth-order valence-electron chi connectivity index (χ4n) is 10.4. The van der Waals surface area contributed by atoms with E-state index in [0.717, 1.165) is 17.1 Å². The van der Waals surface area contributed by atoms with Crippen molar-refractivity contribution in [3.8, 4) is 44.5 Å². The van der Waals surface area contributed by atoms with Gasteiger partial charge in [0.2, 0.25) is 0 Å². The van der Waals surface area contributed by atoms with Crippen LogP contribution in [0, 0.1) is 0 Å². The van der Waals surface area contributed by atoms with Crippen LogP contribution in [0.25, 0.3) is 66.1 Å². The van der Waals surface area contributed by atoms with Gasteiger partial charge in [-0.3, -0.25) is 0 Å². The summed E-state index contributed by atoms with van der Waals surface area (Å²) in [6, 6.07) is 96.0. The molecule has 0 aliphatic heterocycles. The van der Waals surface area contributed by atoms with Gasteiger partial charge in [-0.25, -0.2) is 0 Å². The minimum atomic E-state index is -0.485. The van der Waals surface area contributed by atoms with Crippen molar-refractivity contribution in [2.75, 3.05) is 4.90 Å². The molecule has 0 fully saturated rings. The number of hydrogen-bond donors (Lipinski definition) is 0. The van der Waals surface area contributed by atoms with E-state index >= 15 is 0 Å². The minimum Gasteiger partial charge on any atom is -0.310 e. The van der Waals surface area contributed by atoms with Crippen molar-refractivity contribution in [3.63, 3.8) is 0 Å². The van der Waals surface area contributed by atoms with Crippen molar-refractivity contribution in [1.29, 1.82) is 0 Å². The van der Waals surface area contributed by atoms with Gasteiger partial charge in [0.05, 0.1) is 11.1 Å². The monoisotopic (exact) mass is 813 g/mol. The van der Waals surface area contributed by atoms with E-state index in [9.17, 15) is 0 Å². The van der Waals surface area contributed by atoms with Crippen molar-refractivity contribution in [3.05, 3.63) is 283 Å². The van der Waals surface area contributed by atoms with Crippen LogP contribution in [0.4, 0.5) is 17.1 Å². The third-order valence-corrected chi connectivity index (χ3v) is 13.3. The van der Waals surface area contributed by atoms with E-state index in [0.29, 0.717) is 0 Å². The number of rotatable bonds is 8. The Morgan fingerprint density at radius 1 is 0.266 bits per heavy atom. The molecule has 1 aliphatic carbocycles. The van der Waals surface area contributed by atoms with E-state index in [2.05, 4.69) is 266 Å². The van der Waals surface area contributed by atoms with Crippen LogP contribution < -0.4 is 4.90 Å². The lowest BCUT2D eigenvalue weighted by Gasteiger charge is -2.34. The van der Waals surface area contributed by atoms with E-state index in [4.69, 9.17) is 0 Å². The van der Waals surface area contributed by atoms with Crippen LogP contribution in [-0.4, -0.2) is 0 Å². The van der Waals surface area contributed by atoms with Gasteiger partial charge < -0.3 is 4.90 Å². The van der Waals surface area contributed by atoms with Crippen molar-refractivity contribution < 1.29 is 0 Å². The molecular weight excluding hydrogens is 771 g/mol. The molecule has 11 aromatic carbocycles. The van der Waals surface area contributed by atoms with Gasteiger partial charge in [0.15, 0.2) is 0 Å². The quantitative estimate of drug-likeness (QED) is 0.148. The molecule has 0 atom stereocenters. The summed E-state index contributed by atoms with van der Waals surface area (Å²) in [4.78, 5) is 2.48. The standard InChI is InChI=1S/C63H43N/c1-4-17-44(18-5-1)47-35-37-54(38-36-47)64(55-39-40-60-58(43-55)57-27-14-15-29-59(57)63(60,52-23-6-2-7-24-52)53-25-8-3-9-26-53)61-30-16-28-56(50-33-31-45-19-10-12-21-48(45)41-50)62(61)51-34-32-46-20-11-13-22-49(46)42-51/h1-43H. The van der Waals surface area contributed by atoms with Gasteiger partial charge in [-0.2, -0.15) is 0 Å². The fraction of sp³-hybridized carbons (Fsp3) is 0.0159. The van der Waals surface area contributed by atoms with Crippen LogP contribution in [0.2, 0.25) is 0 Å². The molecule has 0 unspecified atom stereocenters. The van der Waals surface area contributed by atoms with Gasteiger partial charge in [-0.1, -0.05) is 218 Å². The number of nitrogens with zero attached hydrogens (tertiary/aromatic N) is 1. The maximum atomic E-state index is 2.48. The first-order chi connectivity index (χ1) is 31.7. The zero-order valence-electron chi connectivity index (χ0n) is 35.3. The van der Waals surface area contributed by atoms with Crippen LogP contribution in [-0.2, 0) is 5.41 Å². The maximum Gasteiger partial charge on any atom is 0.0713 e. The molecule has 12 rings (SSSR count). The number of anilines is 3. The van der Waals surface area contributed by atoms with Gasteiger partial charge in [0, 0.05) is 16.9 Å². The lowest BCUT2D eigenvalue weighted by molar-refractivity contribution is 0.768. The molecule has 0 aromatic heterocycles. The number of hydrogen-bond acceptors (Lipinski definition) is 1. The Morgan fingerprint density at radius 3 is 1.42 bits per heavy atom. The van der Waals surface area contributed by atoms with E-state index in [1.54, 1.807) is 0 Å². The van der Waals surface area contributed by atoms with E-state index in [-0.39, 0.29) is 0 Å². The molecule has 0 bridgehead atoms. The summed E-state index contributed by atoms with van der Waals surface area (Å²) in [6.07, 6.45) is 0. The SMILES string of the molecule is c1ccc(-c2ccc(N(c3ccc4c(c3)-c3ccccc3C4(c3ccccc3)c3ccccc3)c3cccc(-c4ccc5ccccc5c4)c3-c3ccc4ccccc4c3)cc2)cc1. The Morgan fingerprint density at radius 2 is 0.750 bits per heavy atom. The molecule has 11 aromatic rings. The number of fused-ring (bicyclic) bond motifs is 5. The summed E-state index contributed by atoms with van der Waals surface area (Å²) < 4.78 is 0. The summed E-state index contributed by atoms with van der Waals surface area (Å²) in [6.45, 7) is 0. The Bertz CT molecular complexity index is 3440. The highest BCUT2D eigenvalue weighted by Gasteiger charge is 2.46. The molecule has 0 N–H and O–H groups in total. The molecule has 0 saturated carbocycles. The molecular formula is C63H43N. The molecule has 0 amide bonds. The summed E-state index contributed by atoms with van der Waals surface area (Å²) in [7, 11) is 0. The third-order valence-electron chi connectivity index (χ3n) is 13.3. The number of benzene rings is 11. The Hall–Kier alpha value is -8.26. The highest BCUT2D eigenvalue weighted by Crippen LogP contribution is 2.57. The summed E-state index contributed by atoms with van der Waals surface area (Å²) in [5, 5.41) is 4.89. The molecule has 1 nitrogen and oxygen atoms in total. The summed E-state index contributed by atoms with van der Waals surface area (Å²) >= 11 is 0. The Kier molecular flexibility index (Phi) is 9.13. The molecule has 1 heteroatoms. The van der Waals surface area contributed by atoms with Crippen LogP contribution in [0.5, 0.6) is 0 Å². The fourth-order valence-corrected chi connectivity index (χ4v) is 10.4. The highest BCUT2D eigenvalue weighted by molar-refractivity contribution is 6.02. The second-order valence-corrected chi connectivity index (χ2v) is 16.8. The topological polar surface area (TPSA) is 3.24 Å². The van der Waals surface area contributed by atoms with Crippen LogP contribution in [0.3, 0.4) is 0 Å². The average Bonchev–Trinajstić information content (AvgIpc) is 3.67. The van der Waals surface area contributed by atoms with E-state index < -0.39 is 5.41 Å². The molecule has 0 heterocycles. The zero-order chi connectivity index (χ0) is 42.5. The van der Waals surface area contributed by atoms with Crippen molar-refractivity contribution in [1.82, 2.24) is 0 Å². The van der Waals surface area contributed by atoms with Gasteiger partial charge in [-0.05, 0) is 125 Å². The first-order valence-electron chi connectivity index (χ1n) is 22.2. The maximum absolute atomic E-state index is 2.48. The second kappa shape index (κ2) is 15.6. The summed E-state index contributed by atoms with van der Waals surface area (Å²) in [5.74, 6) is 0. The molecule has 300 valence electrons. The largest absolute Gasteiger partial charge is 0.310 e. The first-order valence-corrected chi connectivity index (χ1v) is 22.2. The van der Waals surface area contributed by atoms with E-state index in [1.807, 2.05) is 0 Å². The Labute approximate surface area is 374 Å². The molecule has 64 heavy (non-hydrogen) atoms. The first kappa shape index (κ1) is 37.5. The average molecular weight is 814 g/mol.